The smallest absolute Gasteiger partial charge is 0.216 e. The van der Waals surface area contributed by atoms with Gasteiger partial charge in [-0.05, 0) is 49.3 Å². The molecular formula is C23H27NOS3. The molecule has 0 amide bonds. The largest absolute Gasteiger partial charge is 0.475 e. The molecule has 1 aliphatic heterocycles. The summed E-state index contributed by atoms with van der Waals surface area (Å²) in [5.74, 6) is 1.83. The fourth-order valence-electron chi connectivity index (χ4n) is 2.92. The second kappa shape index (κ2) is 9.95. The molecule has 2 aromatic carbocycles. The van der Waals surface area contributed by atoms with E-state index in [2.05, 4.69) is 80.4 Å². The molecule has 0 fully saturated rings. The van der Waals surface area contributed by atoms with Gasteiger partial charge >= 0.3 is 0 Å². The second-order valence-electron chi connectivity index (χ2n) is 7.50. The molecule has 28 heavy (non-hydrogen) atoms. The molecule has 5 heteroatoms. The van der Waals surface area contributed by atoms with Gasteiger partial charge in [0.15, 0.2) is 0 Å². The number of benzene rings is 2. The quantitative estimate of drug-likeness (QED) is 0.353. The van der Waals surface area contributed by atoms with Crippen molar-refractivity contribution in [3.8, 4) is 0 Å². The molecule has 2 aromatic rings. The highest BCUT2D eigenvalue weighted by atomic mass is 32.2. The first kappa shape index (κ1) is 21.4. The summed E-state index contributed by atoms with van der Waals surface area (Å²) in [5, 5.41) is 0.194. The van der Waals surface area contributed by atoms with Gasteiger partial charge in [0.2, 0.25) is 5.90 Å². The Morgan fingerprint density at radius 1 is 1.11 bits per heavy atom. The molecule has 0 aliphatic carbocycles. The molecule has 3 rings (SSSR count). The summed E-state index contributed by atoms with van der Waals surface area (Å²) in [6, 6.07) is 19.2. The molecule has 1 atom stereocenters. The normalized spacial score (nSPS) is 16.3. The lowest BCUT2D eigenvalue weighted by Crippen LogP contribution is -2.17. The fourth-order valence-corrected chi connectivity index (χ4v) is 5.65. The Hall–Kier alpha value is -1.30. The van der Waals surface area contributed by atoms with Crippen LogP contribution in [0.25, 0.3) is 0 Å². The maximum Gasteiger partial charge on any atom is 0.216 e. The minimum atomic E-state index is -0.141. The van der Waals surface area contributed by atoms with Gasteiger partial charge in [-0.25, -0.2) is 4.99 Å². The second-order valence-corrected chi connectivity index (χ2v) is 10.9. The van der Waals surface area contributed by atoms with Crippen LogP contribution in [-0.2, 0) is 4.74 Å². The SMILES string of the molecule is CCCCSC(=S)SC(c1ccccc1)c1ccc(C2=NC(C)(C)CO2)cc1. The van der Waals surface area contributed by atoms with Gasteiger partial charge in [0.05, 0.1) is 10.8 Å². The average Bonchev–Trinajstić information content (AvgIpc) is 3.07. The molecule has 1 heterocycles. The third-order valence-electron chi connectivity index (χ3n) is 4.46. The van der Waals surface area contributed by atoms with Gasteiger partial charge in [-0.2, -0.15) is 0 Å². The standard InChI is InChI=1S/C23H27NOS3/c1-4-5-15-27-22(26)28-20(17-9-7-6-8-10-17)18-11-13-19(14-12-18)21-24-23(2,3)16-25-21/h6-14,20H,4-5,15-16H2,1-3H3. The summed E-state index contributed by atoms with van der Waals surface area (Å²) >= 11 is 9.24. The summed E-state index contributed by atoms with van der Waals surface area (Å²) in [6.07, 6.45) is 2.40. The summed E-state index contributed by atoms with van der Waals surface area (Å²) in [5.41, 5.74) is 3.41. The first-order valence-corrected chi connectivity index (χ1v) is 12.0. The molecule has 0 saturated heterocycles. The molecular weight excluding hydrogens is 402 g/mol. The van der Waals surface area contributed by atoms with E-state index in [-0.39, 0.29) is 10.8 Å². The Balaban J connectivity index is 1.79. The highest BCUT2D eigenvalue weighted by molar-refractivity contribution is 8.47. The van der Waals surface area contributed by atoms with E-state index >= 15 is 0 Å². The molecule has 0 spiro atoms. The van der Waals surface area contributed by atoms with E-state index in [9.17, 15) is 0 Å². The van der Waals surface area contributed by atoms with Crippen LogP contribution in [0.1, 0.15) is 55.6 Å². The molecule has 2 nitrogen and oxygen atoms in total. The average molecular weight is 430 g/mol. The van der Waals surface area contributed by atoms with Crippen LogP contribution >= 0.6 is 35.7 Å². The molecule has 0 saturated carbocycles. The number of ether oxygens (including phenoxy) is 1. The molecule has 0 radical (unpaired) electrons. The Morgan fingerprint density at radius 2 is 1.79 bits per heavy atom. The van der Waals surface area contributed by atoms with Crippen molar-refractivity contribution in [2.45, 2.75) is 44.4 Å². The highest BCUT2D eigenvalue weighted by Crippen LogP contribution is 2.39. The van der Waals surface area contributed by atoms with Gasteiger partial charge in [-0.15, -0.1) is 11.8 Å². The predicted molar refractivity (Wildman–Crippen MR) is 129 cm³/mol. The topological polar surface area (TPSA) is 21.6 Å². The van der Waals surface area contributed by atoms with Crippen LogP contribution in [0.2, 0.25) is 0 Å². The van der Waals surface area contributed by atoms with E-state index in [1.165, 1.54) is 24.0 Å². The maximum absolute atomic E-state index is 5.78. The minimum Gasteiger partial charge on any atom is -0.475 e. The maximum atomic E-state index is 5.78. The van der Waals surface area contributed by atoms with E-state index in [4.69, 9.17) is 17.0 Å². The molecule has 0 N–H and O–H groups in total. The van der Waals surface area contributed by atoms with Gasteiger partial charge in [0.25, 0.3) is 0 Å². The monoisotopic (exact) mass is 429 g/mol. The van der Waals surface area contributed by atoms with Crippen LogP contribution in [0.4, 0.5) is 0 Å². The van der Waals surface area contributed by atoms with E-state index in [0.717, 1.165) is 20.7 Å². The van der Waals surface area contributed by atoms with E-state index in [1.54, 1.807) is 23.5 Å². The lowest BCUT2D eigenvalue weighted by atomic mass is 10.0. The minimum absolute atomic E-state index is 0.141. The zero-order valence-electron chi connectivity index (χ0n) is 16.7. The fraction of sp³-hybridized carbons (Fsp3) is 0.391. The van der Waals surface area contributed by atoms with Crippen LogP contribution in [0.3, 0.4) is 0 Å². The van der Waals surface area contributed by atoms with E-state index < -0.39 is 0 Å². The number of aliphatic imine (C=N–C) groups is 1. The summed E-state index contributed by atoms with van der Waals surface area (Å²) < 4.78 is 6.79. The van der Waals surface area contributed by atoms with Gasteiger partial charge in [0.1, 0.15) is 10.1 Å². The number of hydrogen-bond donors (Lipinski definition) is 0. The molecule has 1 unspecified atom stereocenters. The van der Waals surface area contributed by atoms with Crippen LogP contribution in [0.15, 0.2) is 59.6 Å². The summed E-state index contributed by atoms with van der Waals surface area (Å²) in [4.78, 5) is 4.68. The zero-order valence-corrected chi connectivity index (χ0v) is 19.1. The van der Waals surface area contributed by atoms with Gasteiger partial charge in [0, 0.05) is 5.56 Å². The molecule has 1 aliphatic rings. The first-order valence-electron chi connectivity index (χ1n) is 9.70. The van der Waals surface area contributed by atoms with Gasteiger partial charge in [-0.1, -0.05) is 79.8 Å². The third-order valence-corrected chi connectivity index (χ3v) is 7.45. The zero-order chi connectivity index (χ0) is 20.0. The number of unbranched alkanes of at least 4 members (excludes halogenated alkanes) is 1. The Labute approximate surface area is 182 Å². The number of rotatable bonds is 7. The highest BCUT2D eigenvalue weighted by Gasteiger charge is 2.27. The Bertz CT molecular complexity index is 816. The molecule has 148 valence electrons. The van der Waals surface area contributed by atoms with Crippen LogP contribution in [-0.4, -0.2) is 27.3 Å². The first-order chi connectivity index (χ1) is 13.5. The summed E-state index contributed by atoms with van der Waals surface area (Å²) in [7, 11) is 0. The van der Waals surface area contributed by atoms with Crippen molar-refractivity contribution < 1.29 is 4.74 Å². The van der Waals surface area contributed by atoms with E-state index in [1.807, 2.05) is 0 Å². The van der Waals surface area contributed by atoms with Crippen molar-refractivity contribution in [2.24, 2.45) is 4.99 Å². The Kier molecular flexibility index (Phi) is 7.61. The molecule has 0 aromatic heterocycles. The van der Waals surface area contributed by atoms with Crippen LogP contribution < -0.4 is 0 Å². The molecule has 0 bridgehead atoms. The van der Waals surface area contributed by atoms with Crippen molar-refractivity contribution in [3.63, 3.8) is 0 Å². The van der Waals surface area contributed by atoms with Crippen molar-refractivity contribution in [2.75, 3.05) is 12.4 Å². The van der Waals surface area contributed by atoms with Gasteiger partial charge < -0.3 is 4.74 Å². The third kappa shape index (κ3) is 5.85. The number of hydrogen-bond acceptors (Lipinski definition) is 5. The predicted octanol–water partition coefficient (Wildman–Crippen LogP) is 6.88. The van der Waals surface area contributed by atoms with E-state index in [0.29, 0.717) is 6.61 Å². The summed E-state index contributed by atoms with van der Waals surface area (Å²) in [6.45, 7) is 7.03. The van der Waals surface area contributed by atoms with Crippen molar-refractivity contribution in [3.05, 3.63) is 71.3 Å². The van der Waals surface area contributed by atoms with Crippen molar-refractivity contribution >= 4 is 45.2 Å². The Morgan fingerprint density at radius 3 is 2.39 bits per heavy atom. The van der Waals surface area contributed by atoms with Crippen molar-refractivity contribution in [1.82, 2.24) is 0 Å². The number of thiocarbonyl (C=S) groups is 1. The van der Waals surface area contributed by atoms with Gasteiger partial charge in [-0.3, -0.25) is 0 Å². The lowest BCUT2D eigenvalue weighted by molar-refractivity contribution is 0.279. The lowest BCUT2D eigenvalue weighted by Gasteiger charge is -2.18. The number of nitrogens with zero attached hydrogens (tertiary/aromatic N) is 1. The van der Waals surface area contributed by atoms with Crippen LogP contribution in [0.5, 0.6) is 0 Å². The van der Waals surface area contributed by atoms with Crippen LogP contribution in [0, 0.1) is 0 Å². The number of thioether (sulfide) groups is 2. The van der Waals surface area contributed by atoms with Crippen molar-refractivity contribution in [1.29, 1.82) is 0 Å².